The van der Waals surface area contributed by atoms with Crippen LogP contribution in [-0.2, 0) is 13.0 Å². The zero-order chi connectivity index (χ0) is 22.2. The maximum absolute atomic E-state index is 5.17. The van der Waals surface area contributed by atoms with E-state index in [4.69, 9.17) is 9.97 Å². The van der Waals surface area contributed by atoms with E-state index in [9.17, 15) is 0 Å². The average molecular weight is 445 g/mol. The predicted octanol–water partition coefficient (Wildman–Crippen LogP) is 4.53. The molecule has 4 heterocycles. The van der Waals surface area contributed by atoms with Crippen LogP contribution in [0.15, 0.2) is 36.5 Å². The Morgan fingerprint density at radius 3 is 3.00 bits per heavy atom. The van der Waals surface area contributed by atoms with Crippen LogP contribution < -0.4 is 4.90 Å². The zero-order valence-electron chi connectivity index (χ0n) is 19.8. The third-order valence-electron chi connectivity index (χ3n) is 7.94. The molecule has 2 aromatic heterocycles. The van der Waals surface area contributed by atoms with Gasteiger partial charge < -0.3 is 9.88 Å². The smallest absolute Gasteiger partial charge is 0.121 e. The first kappa shape index (κ1) is 21.1. The van der Waals surface area contributed by atoms with Gasteiger partial charge in [-0.1, -0.05) is 19.1 Å². The lowest BCUT2D eigenvalue weighted by Crippen LogP contribution is -2.50. The van der Waals surface area contributed by atoms with Gasteiger partial charge in [0.1, 0.15) is 11.3 Å². The quantitative estimate of drug-likeness (QED) is 0.605. The monoisotopic (exact) mass is 444 g/mol. The lowest BCUT2D eigenvalue weighted by atomic mass is 9.90. The summed E-state index contributed by atoms with van der Waals surface area (Å²) in [6, 6.07) is 12.1. The molecule has 1 aliphatic carbocycles. The fourth-order valence-corrected chi connectivity index (χ4v) is 6.37. The molecule has 0 radical (unpaired) electrons. The van der Waals surface area contributed by atoms with Crippen LogP contribution in [0.3, 0.4) is 0 Å². The summed E-state index contributed by atoms with van der Waals surface area (Å²) < 4.78 is 0. The van der Waals surface area contributed by atoms with E-state index in [0.717, 1.165) is 55.9 Å². The number of aromatic nitrogens is 3. The number of pyridine rings is 1. The van der Waals surface area contributed by atoms with E-state index < -0.39 is 0 Å². The minimum absolute atomic E-state index is 0.387. The molecule has 3 aliphatic rings. The second kappa shape index (κ2) is 9.07. The highest BCUT2D eigenvalue weighted by atomic mass is 15.3. The molecule has 33 heavy (non-hydrogen) atoms. The van der Waals surface area contributed by atoms with E-state index >= 15 is 0 Å². The van der Waals surface area contributed by atoms with E-state index in [-0.39, 0.29) is 0 Å². The standard InChI is InChI=1S/C27H36N6/c1-2-14-32(23-11-3-7-20-8-5-13-28-26(20)23)19-25-29-22-10-4-12-24(27(22)30-25)33-17-16-31-15-6-9-21(31)18-33/h4-5,8,10,12-13,21,23H,2-3,6-7,9,11,14-19H2,1H3,(H,29,30)/t21-,23?/m1/s1. The van der Waals surface area contributed by atoms with Crippen LogP contribution >= 0.6 is 0 Å². The van der Waals surface area contributed by atoms with Crippen molar-refractivity contribution in [3.05, 3.63) is 53.6 Å². The number of piperazine rings is 1. The number of fused-ring (bicyclic) bond motifs is 3. The molecule has 0 spiro atoms. The van der Waals surface area contributed by atoms with Crippen molar-refractivity contribution in [2.75, 3.05) is 37.6 Å². The number of benzene rings is 1. The molecule has 0 bridgehead atoms. The van der Waals surface area contributed by atoms with Crippen LogP contribution in [-0.4, -0.2) is 63.5 Å². The van der Waals surface area contributed by atoms with Gasteiger partial charge in [0.25, 0.3) is 0 Å². The van der Waals surface area contributed by atoms with Crippen molar-refractivity contribution in [2.45, 2.75) is 64.1 Å². The first-order chi connectivity index (χ1) is 16.3. The van der Waals surface area contributed by atoms with Crippen molar-refractivity contribution >= 4 is 16.7 Å². The minimum Gasteiger partial charge on any atom is -0.367 e. The number of imidazole rings is 1. The molecule has 0 amide bonds. The van der Waals surface area contributed by atoms with Crippen LogP contribution in [0.5, 0.6) is 0 Å². The molecule has 6 nitrogen and oxygen atoms in total. The van der Waals surface area contributed by atoms with Gasteiger partial charge in [-0.15, -0.1) is 0 Å². The van der Waals surface area contributed by atoms with Gasteiger partial charge in [-0.25, -0.2) is 4.98 Å². The van der Waals surface area contributed by atoms with Gasteiger partial charge in [0, 0.05) is 31.9 Å². The second-order valence-electron chi connectivity index (χ2n) is 10.1. The summed E-state index contributed by atoms with van der Waals surface area (Å²) in [5.41, 5.74) is 6.30. The zero-order valence-corrected chi connectivity index (χ0v) is 19.8. The number of anilines is 1. The molecule has 2 fully saturated rings. The third kappa shape index (κ3) is 4.04. The molecule has 2 saturated heterocycles. The molecule has 6 heteroatoms. The Balaban J connectivity index is 1.27. The number of aryl methyl sites for hydroxylation is 1. The molecule has 0 saturated carbocycles. The Labute approximate surface area is 197 Å². The molecule has 174 valence electrons. The first-order valence-corrected chi connectivity index (χ1v) is 12.9. The molecule has 3 aromatic rings. The molecule has 1 unspecified atom stereocenters. The molecule has 2 aliphatic heterocycles. The van der Waals surface area contributed by atoms with Crippen molar-refractivity contribution in [2.24, 2.45) is 0 Å². The van der Waals surface area contributed by atoms with Gasteiger partial charge in [0.2, 0.25) is 0 Å². The average Bonchev–Trinajstić information content (AvgIpc) is 3.49. The number of rotatable bonds is 6. The van der Waals surface area contributed by atoms with E-state index in [1.807, 2.05) is 6.20 Å². The SMILES string of the molecule is CCCN(Cc1nc2c(N3CCN4CCC[C@@H]4C3)cccc2[nH]1)C1CCCc2cccnc21. The highest BCUT2D eigenvalue weighted by molar-refractivity contribution is 5.89. The number of aromatic amines is 1. The molecule has 1 aromatic carbocycles. The highest BCUT2D eigenvalue weighted by Gasteiger charge is 2.32. The Morgan fingerprint density at radius 1 is 1.09 bits per heavy atom. The minimum atomic E-state index is 0.387. The number of nitrogens with one attached hydrogen (secondary N) is 1. The first-order valence-electron chi connectivity index (χ1n) is 12.9. The fourth-order valence-electron chi connectivity index (χ4n) is 6.37. The summed E-state index contributed by atoms with van der Waals surface area (Å²) in [6.45, 7) is 8.87. The second-order valence-corrected chi connectivity index (χ2v) is 10.1. The maximum Gasteiger partial charge on any atom is 0.121 e. The molecular weight excluding hydrogens is 408 g/mol. The summed E-state index contributed by atoms with van der Waals surface area (Å²) >= 11 is 0. The predicted molar refractivity (Wildman–Crippen MR) is 134 cm³/mol. The summed E-state index contributed by atoms with van der Waals surface area (Å²) in [5.74, 6) is 1.08. The Bertz CT molecular complexity index is 1110. The van der Waals surface area contributed by atoms with E-state index in [0.29, 0.717) is 12.1 Å². The number of H-pyrrole nitrogens is 1. The van der Waals surface area contributed by atoms with Crippen molar-refractivity contribution in [3.63, 3.8) is 0 Å². The largest absolute Gasteiger partial charge is 0.367 e. The van der Waals surface area contributed by atoms with Gasteiger partial charge >= 0.3 is 0 Å². The normalized spacial score (nSPS) is 23.3. The number of hydrogen-bond donors (Lipinski definition) is 1. The lowest BCUT2D eigenvalue weighted by molar-refractivity contribution is 0.162. The highest BCUT2D eigenvalue weighted by Crippen LogP contribution is 2.34. The van der Waals surface area contributed by atoms with Gasteiger partial charge in [0.05, 0.1) is 29.5 Å². The lowest BCUT2D eigenvalue weighted by Gasteiger charge is -2.38. The van der Waals surface area contributed by atoms with Crippen LogP contribution in [0, 0.1) is 0 Å². The van der Waals surface area contributed by atoms with Gasteiger partial charge in [-0.2, -0.15) is 0 Å². The van der Waals surface area contributed by atoms with Crippen molar-refractivity contribution in [3.8, 4) is 0 Å². The number of hydrogen-bond acceptors (Lipinski definition) is 5. The van der Waals surface area contributed by atoms with Crippen molar-refractivity contribution in [1.29, 1.82) is 0 Å². The van der Waals surface area contributed by atoms with Gasteiger partial charge in [-0.3, -0.25) is 14.8 Å². The van der Waals surface area contributed by atoms with Gasteiger partial charge in [0.15, 0.2) is 0 Å². The fraction of sp³-hybridized carbons (Fsp3) is 0.556. The van der Waals surface area contributed by atoms with Gasteiger partial charge in [-0.05, 0) is 75.4 Å². The molecular formula is C27H36N6. The van der Waals surface area contributed by atoms with Crippen LogP contribution in [0.4, 0.5) is 5.69 Å². The summed E-state index contributed by atoms with van der Waals surface area (Å²) in [5, 5.41) is 0. The van der Waals surface area contributed by atoms with E-state index in [1.165, 1.54) is 55.7 Å². The Morgan fingerprint density at radius 2 is 2.06 bits per heavy atom. The summed E-state index contributed by atoms with van der Waals surface area (Å²) in [7, 11) is 0. The van der Waals surface area contributed by atoms with E-state index in [1.54, 1.807) is 0 Å². The topological polar surface area (TPSA) is 51.3 Å². The Hall–Kier alpha value is -2.44. The van der Waals surface area contributed by atoms with Crippen LogP contribution in [0.25, 0.3) is 11.0 Å². The molecule has 1 N–H and O–H groups in total. The van der Waals surface area contributed by atoms with Crippen LogP contribution in [0.1, 0.15) is 62.2 Å². The molecule has 2 atom stereocenters. The van der Waals surface area contributed by atoms with Crippen molar-refractivity contribution < 1.29 is 0 Å². The third-order valence-corrected chi connectivity index (χ3v) is 7.94. The summed E-state index contributed by atoms with van der Waals surface area (Å²) in [4.78, 5) is 21.5. The number of nitrogens with zero attached hydrogens (tertiary/aromatic N) is 5. The van der Waals surface area contributed by atoms with Crippen LogP contribution in [0.2, 0.25) is 0 Å². The Kier molecular flexibility index (Phi) is 5.80. The van der Waals surface area contributed by atoms with E-state index in [2.05, 4.69) is 56.9 Å². The van der Waals surface area contributed by atoms with Crippen molar-refractivity contribution in [1.82, 2.24) is 24.8 Å². The maximum atomic E-state index is 5.17. The summed E-state index contributed by atoms with van der Waals surface area (Å²) in [6.07, 6.45) is 9.35. The molecule has 6 rings (SSSR count). The number of para-hydroxylation sites is 1.